The molecule has 3 rings (SSSR count). The van der Waals surface area contributed by atoms with Crippen molar-refractivity contribution in [2.45, 2.75) is 25.8 Å². The number of fused-ring (bicyclic) bond motifs is 1. The minimum absolute atomic E-state index is 0.223. The Bertz CT molecular complexity index is 754. The molecule has 4 nitrogen and oxygen atoms in total. The summed E-state index contributed by atoms with van der Waals surface area (Å²) in [4.78, 5) is 2.82. The van der Waals surface area contributed by atoms with E-state index in [1.807, 2.05) is 22.9 Å². The average molecular weight is 282 g/mol. The van der Waals surface area contributed by atoms with Crippen LogP contribution < -0.4 is 0 Å². The second-order valence-electron chi connectivity index (χ2n) is 5.20. The SMILES string of the molecule is CC1CC=Cn2c1cc(CN=[N+]=[N-])c2-c1ccccc1F. The van der Waals surface area contributed by atoms with Crippen LogP contribution in [-0.4, -0.2) is 4.57 Å². The maximum absolute atomic E-state index is 14.2. The molecule has 0 spiro atoms. The fourth-order valence-electron chi connectivity index (χ4n) is 2.82. The topological polar surface area (TPSA) is 53.7 Å². The zero-order chi connectivity index (χ0) is 14.8. The van der Waals surface area contributed by atoms with Gasteiger partial charge in [0.15, 0.2) is 0 Å². The molecule has 1 atom stereocenters. The number of rotatable bonds is 3. The molecule has 0 N–H and O–H groups in total. The highest BCUT2D eigenvalue weighted by Crippen LogP contribution is 2.36. The summed E-state index contributed by atoms with van der Waals surface area (Å²) in [6, 6.07) is 8.70. The van der Waals surface area contributed by atoms with E-state index in [1.54, 1.807) is 12.1 Å². The number of halogens is 1. The maximum atomic E-state index is 14.2. The predicted molar refractivity (Wildman–Crippen MR) is 81.0 cm³/mol. The number of nitrogens with zero attached hydrogens (tertiary/aromatic N) is 4. The van der Waals surface area contributed by atoms with Gasteiger partial charge in [-0.15, -0.1) is 0 Å². The van der Waals surface area contributed by atoms with Gasteiger partial charge in [-0.2, -0.15) is 0 Å². The second-order valence-corrected chi connectivity index (χ2v) is 5.20. The molecule has 5 heteroatoms. The summed E-state index contributed by atoms with van der Waals surface area (Å²) in [5.74, 6) is 0.0903. The van der Waals surface area contributed by atoms with Gasteiger partial charge in [-0.3, -0.25) is 0 Å². The summed E-state index contributed by atoms with van der Waals surface area (Å²) in [5.41, 5.74) is 11.8. The zero-order valence-corrected chi connectivity index (χ0v) is 11.7. The lowest BCUT2D eigenvalue weighted by Gasteiger charge is -2.18. The summed E-state index contributed by atoms with van der Waals surface area (Å²) in [7, 11) is 0. The first-order chi connectivity index (χ1) is 10.2. The van der Waals surface area contributed by atoms with E-state index in [9.17, 15) is 4.39 Å². The molecule has 1 aliphatic rings. The molecule has 0 fully saturated rings. The van der Waals surface area contributed by atoms with E-state index < -0.39 is 0 Å². The average Bonchev–Trinajstić information content (AvgIpc) is 2.85. The van der Waals surface area contributed by atoms with Gasteiger partial charge in [0, 0.05) is 28.3 Å². The lowest BCUT2D eigenvalue weighted by Crippen LogP contribution is -2.06. The fraction of sp³-hybridized carbons (Fsp3) is 0.250. The van der Waals surface area contributed by atoms with Crippen molar-refractivity contribution in [3.63, 3.8) is 0 Å². The van der Waals surface area contributed by atoms with Gasteiger partial charge in [0.1, 0.15) is 5.82 Å². The third kappa shape index (κ3) is 2.32. The van der Waals surface area contributed by atoms with Crippen LogP contribution in [0.4, 0.5) is 4.39 Å². The van der Waals surface area contributed by atoms with Crippen LogP contribution in [0, 0.1) is 5.82 Å². The molecule has 0 bridgehead atoms. The Hall–Kier alpha value is -2.52. The van der Waals surface area contributed by atoms with Crippen molar-refractivity contribution < 1.29 is 4.39 Å². The molecule has 2 aromatic rings. The molecule has 0 amide bonds. The van der Waals surface area contributed by atoms with Crippen LogP contribution >= 0.6 is 0 Å². The maximum Gasteiger partial charge on any atom is 0.132 e. The van der Waals surface area contributed by atoms with Crippen molar-refractivity contribution in [2.24, 2.45) is 5.11 Å². The normalized spacial score (nSPS) is 16.4. The third-order valence-electron chi connectivity index (χ3n) is 3.83. The molecular weight excluding hydrogens is 267 g/mol. The van der Waals surface area contributed by atoms with Crippen LogP contribution in [0.5, 0.6) is 0 Å². The number of hydrogen-bond acceptors (Lipinski definition) is 1. The summed E-state index contributed by atoms with van der Waals surface area (Å²) in [6.07, 6.45) is 5.01. The van der Waals surface area contributed by atoms with Gasteiger partial charge in [-0.05, 0) is 35.7 Å². The van der Waals surface area contributed by atoms with Crippen LogP contribution in [0.2, 0.25) is 0 Å². The highest BCUT2D eigenvalue weighted by Gasteiger charge is 2.22. The Morgan fingerprint density at radius 3 is 3.00 bits per heavy atom. The number of benzene rings is 1. The lowest BCUT2D eigenvalue weighted by molar-refractivity contribution is 0.629. The van der Waals surface area contributed by atoms with Crippen molar-refractivity contribution in [2.75, 3.05) is 0 Å². The summed E-state index contributed by atoms with van der Waals surface area (Å²) < 4.78 is 16.2. The van der Waals surface area contributed by atoms with Gasteiger partial charge in [0.05, 0.1) is 12.2 Å². The Kier molecular flexibility index (Phi) is 3.50. The minimum Gasteiger partial charge on any atom is -0.320 e. The molecule has 1 aromatic heterocycles. The first-order valence-corrected chi connectivity index (χ1v) is 6.88. The number of azide groups is 1. The smallest absolute Gasteiger partial charge is 0.132 e. The largest absolute Gasteiger partial charge is 0.320 e. The predicted octanol–water partition coefficient (Wildman–Crippen LogP) is 5.08. The van der Waals surface area contributed by atoms with Crippen molar-refractivity contribution >= 4 is 6.20 Å². The number of allylic oxidation sites excluding steroid dienone is 1. The molecular formula is C16H15FN4. The quantitative estimate of drug-likeness (QED) is 0.428. The fourth-order valence-corrected chi connectivity index (χ4v) is 2.82. The van der Waals surface area contributed by atoms with Crippen LogP contribution in [0.3, 0.4) is 0 Å². The first kappa shape index (κ1) is 13.5. The molecule has 0 radical (unpaired) electrons. The van der Waals surface area contributed by atoms with E-state index in [0.29, 0.717) is 11.5 Å². The monoisotopic (exact) mass is 282 g/mol. The standard InChI is InChI=1S/C16H15FN4/c1-11-5-4-8-21-15(11)9-12(10-19-20-18)16(21)13-6-2-3-7-14(13)17/h2-4,6-9,11H,5,10H2,1H3. The van der Waals surface area contributed by atoms with E-state index in [-0.39, 0.29) is 12.4 Å². The van der Waals surface area contributed by atoms with Gasteiger partial charge < -0.3 is 4.57 Å². The van der Waals surface area contributed by atoms with Gasteiger partial charge in [0.2, 0.25) is 0 Å². The van der Waals surface area contributed by atoms with E-state index in [4.69, 9.17) is 5.53 Å². The molecule has 1 aliphatic heterocycles. The van der Waals surface area contributed by atoms with Gasteiger partial charge in [0.25, 0.3) is 0 Å². The Morgan fingerprint density at radius 2 is 2.24 bits per heavy atom. The van der Waals surface area contributed by atoms with E-state index >= 15 is 0 Å². The van der Waals surface area contributed by atoms with Crippen LogP contribution in [0.15, 0.2) is 41.5 Å². The van der Waals surface area contributed by atoms with Crippen molar-refractivity contribution in [3.05, 3.63) is 63.9 Å². The van der Waals surface area contributed by atoms with Gasteiger partial charge >= 0.3 is 0 Å². The second kappa shape index (κ2) is 5.46. The van der Waals surface area contributed by atoms with Crippen molar-refractivity contribution in [1.82, 2.24) is 4.57 Å². The molecule has 0 saturated heterocycles. The Balaban J connectivity index is 2.24. The Labute approximate surface area is 122 Å². The molecule has 0 aliphatic carbocycles. The minimum atomic E-state index is -0.271. The van der Waals surface area contributed by atoms with E-state index in [1.165, 1.54) is 6.07 Å². The first-order valence-electron chi connectivity index (χ1n) is 6.88. The van der Waals surface area contributed by atoms with E-state index in [0.717, 1.165) is 23.4 Å². The molecule has 1 unspecified atom stereocenters. The van der Waals surface area contributed by atoms with Crippen molar-refractivity contribution in [1.29, 1.82) is 0 Å². The lowest BCUT2D eigenvalue weighted by atomic mass is 10.0. The zero-order valence-electron chi connectivity index (χ0n) is 11.7. The summed E-state index contributed by atoms with van der Waals surface area (Å²) >= 11 is 0. The molecule has 2 heterocycles. The van der Waals surface area contributed by atoms with Gasteiger partial charge in [-0.25, -0.2) is 4.39 Å². The number of hydrogen-bond donors (Lipinski definition) is 0. The molecule has 21 heavy (non-hydrogen) atoms. The summed E-state index contributed by atoms with van der Waals surface area (Å²) in [5, 5.41) is 3.65. The van der Waals surface area contributed by atoms with Gasteiger partial charge in [-0.1, -0.05) is 30.2 Å². The number of aromatic nitrogens is 1. The highest BCUT2D eigenvalue weighted by molar-refractivity contribution is 5.69. The van der Waals surface area contributed by atoms with Crippen LogP contribution in [-0.2, 0) is 6.54 Å². The van der Waals surface area contributed by atoms with Crippen molar-refractivity contribution in [3.8, 4) is 11.3 Å². The van der Waals surface area contributed by atoms with E-state index in [2.05, 4.69) is 23.0 Å². The molecule has 1 aromatic carbocycles. The molecule has 106 valence electrons. The third-order valence-corrected chi connectivity index (χ3v) is 3.83. The molecule has 0 saturated carbocycles. The Morgan fingerprint density at radius 1 is 1.43 bits per heavy atom. The van der Waals surface area contributed by atoms with Crippen LogP contribution in [0.25, 0.3) is 27.9 Å². The van der Waals surface area contributed by atoms with Crippen LogP contribution in [0.1, 0.15) is 30.5 Å². The highest BCUT2D eigenvalue weighted by atomic mass is 19.1. The summed E-state index contributed by atoms with van der Waals surface area (Å²) in [6.45, 7) is 2.36.